The highest BCUT2D eigenvalue weighted by Crippen LogP contribution is 2.41. The van der Waals surface area contributed by atoms with Crippen molar-refractivity contribution < 1.29 is 36.6 Å². The summed E-state index contributed by atoms with van der Waals surface area (Å²) in [6.07, 6.45) is -4.80. The lowest BCUT2D eigenvalue weighted by atomic mass is 10.1. The molecule has 3 N–H and O–H groups in total. The predicted octanol–water partition coefficient (Wildman–Crippen LogP) is 1.81. The van der Waals surface area contributed by atoms with Crippen molar-refractivity contribution in [3.63, 3.8) is 0 Å². The van der Waals surface area contributed by atoms with Crippen LogP contribution in [0.15, 0.2) is 24.1 Å². The van der Waals surface area contributed by atoms with Crippen molar-refractivity contribution in [3.8, 4) is 17.1 Å². The molecular weight excluding hydrogens is 438 g/mol. The van der Waals surface area contributed by atoms with Crippen LogP contribution >= 0.6 is 0 Å². The zero-order valence-electron chi connectivity index (χ0n) is 16.6. The average molecular weight is 455 g/mol. The molecule has 1 unspecified atom stereocenters. The number of anilines is 2. The summed E-state index contributed by atoms with van der Waals surface area (Å²) in [6, 6.07) is 1.68. The van der Waals surface area contributed by atoms with Gasteiger partial charge in [-0.15, -0.1) is 0 Å². The van der Waals surface area contributed by atoms with Gasteiger partial charge in [0.1, 0.15) is 30.8 Å². The molecule has 13 heteroatoms. The molecule has 1 aromatic carbocycles. The highest BCUT2D eigenvalue weighted by atomic mass is 19.4. The Bertz CT molecular complexity index is 1130. The first-order valence-corrected chi connectivity index (χ1v) is 9.44. The minimum absolute atomic E-state index is 0.00285. The van der Waals surface area contributed by atoms with Gasteiger partial charge >= 0.3 is 6.18 Å². The Morgan fingerprint density at radius 2 is 2.12 bits per heavy atom. The van der Waals surface area contributed by atoms with E-state index in [0.29, 0.717) is 16.2 Å². The molecular formula is C19H17F4N5O4. The lowest BCUT2D eigenvalue weighted by molar-refractivity contribution is -0.147. The summed E-state index contributed by atoms with van der Waals surface area (Å²) in [4.78, 5) is 26.9. The van der Waals surface area contributed by atoms with Crippen molar-refractivity contribution >= 4 is 23.4 Å². The number of amides is 1. The summed E-state index contributed by atoms with van der Waals surface area (Å²) in [6.45, 7) is 0.630. The van der Waals surface area contributed by atoms with Gasteiger partial charge in [0.05, 0.1) is 12.1 Å². The van der Waals surface area contributed by atoms with E-state index >= 15 is 4.39 Å². The number of nitrogens with one attached hydrogen (secondary N) is 1. The van der Waals surface area contributed by atoms with Crippen LogP contribution in [-0.2, 0) is 20.9 Å². The van der Waals surface area contributed by atoms with Crippen LogP contribution in [0, 0.1) is 5.95 Å². The van der Waals surface area contributed by atoms with Gasteiger partial charge in [-0.2, -0.15) is 17.6 Å². The van der Waals surface area contributed by atoms with Gasteiger partial charge in [-0.1, -0.05) is 0 Å². The third-order valence-electron chi connectivity index (χ3n) is 5.10. The molecule has 0 radical (unpaired) electrons. The van der Waals surface area contributed by atoms with Gasteiger partial charge in [0.2, 0.25) is 11.9 Å². The zero-order valence-corrected chi connectivity index (χ0v) is 16.6. The van der Waals surface area contributed by atoms with Crippen molar-refractivity contribution in [2.24, 2.45) is 5.73 Å². The number of aromatic nitrogens is 2. The SMILES string of the molecule is CC(Nc1ccc2c(c1)OCCn1c-2nc(N2C(=C=O)OC[C@H]2C(F)(F)F)c1F)C(N)=O. The van der Waals surface area contributed by atoms with Crippen LogP contribution in [0.25, 0.3) is 11.4 Å². The van der Waals surface area contributed by atoms with E-state index in [2.05, 4.69) is 10.3 Å². The highest BCUT2D eigenvalue weighted by Gasteiger charge is 2.52. The Labute approximate surface area is 178 Å². The number of benzene rings is 1. The lowest BCUT2D eigenvalue weighted by Crippen LogP contribution is -2.43. The molecule has 170 valence electrons. The maximum atomic E-state index is 15.2. The van der Waals surface area contributed by atoms with Gasteiger partial charge in [-0.3, -0.25) is 14.3 Å². The first kappa shape index (κ1) is 21.5. The van der Waals surface area contributed by atoms with Crippen LogP contribution in [0.3, 0.4) is 0 Å². The number of nitrogens with zero attached hydrogens (tertiary/aromatic N) is 3. The van der Waals surface area contributed by atoms with E-state index in [4.69, 9.17) is 15.2 Å². The average Bonchev–Trinajstić information content (AvgIpc) is 3.24. The molecule has 1 saturated heterocycles. The molecule has 4 rings (SSSR count). The molecule has 0 saturated carbocycles. The number of carbonyl (C=O) groups excluding carboxylic acids is 2. The number of carbonyl (C=O) groups is 1. The first-order chi connectivity index (χ1) is 15.1. The van der Waals surface area contributed by atoms with E-state index in [1.54, 1.807) is 19.1 Å². The molecule has 2 aliphatic heterocycles. The second-order valence-corrected chi connectivity index (χ2v) is 7.17. The summed E-state index contributed by atoms with van der Waals surface area (Å²) in [5, 5.41) is 2.88. The number of primary amides is 1. The summed E-state index contributed by atoms with van der Waals surface area (Å²) < 4.78 is 67.1. The van der Waals surface area contributed by atoms with Gasteiger partial charge < -0.3 is 20.5 Å². The standard InChI is InChI=1S/C19H17F4N5O4/c1-9(16(24)30)25-10-2-3-11-12(6-10)31-5-4-27-15(20)18(26-17(11)27)28-13(19(21,22)23)8-32-14(28)7-29/h2-3,6,9,13,25H,4-5,8H2,1H3,(H2,24,30)/t9?,13-/m0/s1. The minimum Gasteiger partial charge on any atom is -0.491 e. The zero-order chi connectivity index (χ0) is 23.2. The topological polar surface area (TPSA) is 112 Å². The largest absolute Gasteiger partial charge is 0.491 e. The van der Waals surface area contributed by atoms with Crippen LogP contribution in [0.2, 0.25) is 0 Å². The minimum atomic E-state index is -4.80. The van der Waals surface area contributed by atoms with Crippen LogP contribution in [0.5, 0.6) is 5.75 Å². The Morgan fingerprint density at radius 1 is 1.38 bits per heavy atom. The summed E-state index contributed by atoms with van der Waals surface area (Å²) in [5.41, 5.74) is 6.04. The predicted molar refractivity (Wildman–Crippen MR) is 103 cm³/mol. The molecule has 0 bridgehead atoms. The molecule has 3 heterocycles. The fourth-order valence-corrected chi connectivity index (χ4v) is 3.47. The lowest BCUT2D eigenvalue weighted by Gasteiger charge is -2.22. The Balaban J connectivity index is 1.78. The molecule has 0 spiro atoms. The van der Waals surface area contributed by atoms with Gasteiger partial charge in [-0.25, -0.2) is 9.78 Å². The van der Waals surface area contributed by atoms with Crippen LogP contribution in [-0.4, -0.2) is 52.9 Å². The maximum Gasteiger partial charge on any atom is 0.412 e. The molecule has 9 nitrogen and oxygen atoms in total. The van der Waals surface area contributed by atoms with Crippen molar-refractivity contribution in [2.45, 2.75) is 31.7 Å². The monoisotopic (exact) mass is 455 g/mol. The fraction of sp³-hybridized carbons (Fsp3) is 0.368. The Kier molecular flexibility index (Phi) is 5.21. The molecule has 2 aliphatic rings. The second-order valence-electron chi connectivity index (χ2n) is 7.17. The van der Waals surface area contributed by atoms with Crippen molar-refractivity contribution in [1.29, 1.82) is 0 Å². The number of rotatable bonds is 4. The molecule has 1 aromatic heterocycles. The van der Waals surface area contributed by atoms with Crippen LogP contribution < -0.4 is 20.7 Å². The second kappa shape index (κ2) is 7.75. The number of alkyl halides is 3. The highest BCUT2D eigenvalue weighted by molar-refractivity contribution is 5.83. The van der Waals surface area contributed by atoms with Crippen molar-refractivity contribution in [3.05, 3.63) is 30.0 Å². The first-order valence-electron chi connectivity index (χ1n) is 9.44. The summed E-state index contributed by atoms with van der Waals surface area (Å²) in [7, 11) is 0. The maximum absolute atomic E-state index is 15.2. The quantitative estimate of drug-likeness (QED) is 0.534. The number of nitrogens with two attached hydrogens (primary N) is 1. The van der Waals surface area contributed by atoms with Crippen molar-refractivity contribution in [2.75, 3.05) is 23.4 Å². The molecule has 2 atom stereocenters. The van der Waals surface area contributed by atoms with Gasteiger partial charge in [0.25, 0.3) is 5.88 Å². The van der Waals surface area contributed by atoms with Crippen LogP contribution in [0.1, 0.15) is 6.92 Å². The normalized spacial score (nSPS) is 18.6. The smallest absolute Gasteiger partial charge is 0.412 e. The fourth-order valence-electron chi connectivity index (χ4n) is 3.47. The molecule has 1 fully saturated rings. The van der Waals surface area contributed by atoms with E-state index in [1.165, 1.54) is 12.0 Å². The molecule has 0 aliphatic carbocycles. The number of hydrogen-bond donors (Lipinski definition) is 2. The van der Waals surface area contributed by atoms with E-state index in [9.17, 15) is 22.8 Å². The number of ether oxygens (including phenoxy) is 2. The summed E-state index contributed by atoms with van der Waals surface area (Å²) in [5.74, 6) is -1.58. The number of hydrogen-bond acceptors (Lipinski definition) is 7. The van der Waals surface area contributed by atoms with E-state index < -0.39 is 48.4 Å². The van der Waals surface area contributed by atoms with Gasteiger partial charge in [0.15, 0.2) is 17.8 Å². The third-order valence-corrected chi connectivity index (χ3v) is 5.10. The molecule has 1 amide bonds. The van der Waals surface area contributed by atoms with Gasteiger partial charge in [0, 0.05) is 11.8 Å². The Morgan fingerprint density at radius 3 is 2.78 bits per heavy atom. The summed E-state index contributed by atoms with van der Waals surface area (Å²) >= 11 is 0. The number of fused-ring (bicyclic) bond motifs is 3. The molecule has 2 aromatic rings. The third kappa shape index (κ3) is 3.60. The number of imidazole rings is 1. The number of halogens is 4. The van der Waals surface area contributed by atoms with Crippen LogP contribution in [0.4, 0.5) is 29.1 Å². The van der Waals surface area contributed by atoms with E-state index in [-0.39, 0.29) is 24.7 Å². The molecule has 32 heavy (non-hydrogen) atoms. The van der Waals surface area contributed by atoms with Crippen molar-refractivity contribution in [1.82, 2.24) is 9.55 Å². The van der Waals surface area contributed by atoms with E-state index in [1.807, 2.05) is 0 Å². The van der Waals surface area contributed by atoms with Gasteiger partial charge in [-0.05, 0) is 19.1 Å². The Hall–Kier alpha value is -3.73. The van der Waals surface area contributed by atoms with E-state index in [0.717, 1.165) is 4.57 Å².